The number of hydrogen-bond donors (Lipinski definition) is 2. The Bertz CT molecular complexity index is 291. The smallest absolute Gasteiger partial charge is 0.220 e. The number of nitrogens with one attached hydrogen (secondary N) is 1. The molecular formula is C16H33N3O. The number of hydrogen-bond acceptors (Lipinski definition) is 3. The van der Waals surface area contributed by atoms with Crippen LogP contribution < -0.4 is 11.1 Å². The molecule has 0 aromatic heterocycles. The fourth-order valence-corrected chi connectivity index (χ4v) is 3.02. The van der Waals surface area contributed by atoms with Crippen LogP contribution >= 0.6 is 0 Å². The number of nitrogens with two attached hydrogens (primary N) is 1. The van der Waals surface area contributed by atoms with Crippen molar-refractivity contribution >= 4 is 5.91 Å². The molecule has 1 heterocycles. The average molecular weight is 283 g/mol. The number of likely N-dealkylation sites (tertiary alicyclic amines) is 1. The first-order chi connectivity index (χ1) is 9.42. The van der Waals surface area contributed by atoms with Crippen LogP contribution in [0, 0.1) is 17.8 Å². The summed E-state index contributed by atoms with van der Waals surface area (Å²) in [5.74, 6) is 1.71. The van der Waals surface area contributed by atoms with Gasteiger partial charge in [-0.1, -0.05) is 13.8 Å². The zero-order chi connectivity index (χ0) is 15.1. The van der Waals surface area contributed by atoms with Gasteiger partial charge in [-0.15, -0.1) is 0 Å². The lowest BCUT2D eigenvalue weighted by atomic mass is 9.94. The maximum atomic E-state index is 12.0. The molecule has 3 N–H and O–H groups in total. The SMILES string of the molecule is CC(C)CC(CN)CC(=O)NCC1CCN(C(C)C)C1. The molecule has 1 amide bonds. The van der Waals surface area contributed by atoms with E-state index < -0.39 is 0 Å². The van der Waals surface area contributed by atoms with Crippen molar-refractivity contribution in [1.82, 2.24) is 10.2 Å². The van der Waals surface area contributed by atoms with Crippen molar-refractivity contribution in [1.29, 1.82) is 0 Å². The summed E-state index contributed by atoms with van der Waals surface area (Å²) in [6, 6.07) is 0.614. The highest BCUT2D eigenvalue weighted by Gasteiger charge is 2.24. The van der Waals surface area contributed by atoms with E-state index >= 15 is 0 Å². The number of carbonyl (C=O) groups excluding carboxylic acids is 1. The van der Waals surface area contributed by atoms with Crippen molar-refractivity contribution in [3.63, 3.8) is 0 Å². The summed E-state index contributed by atoms with van der Waals surface area (Å²) in [6.07, 6.45) is 2.81. The van der Waals surface area contributed by atoms with Crippen LogP contribution in [-0.4, -0.2) is 43.0 Å². The van der Waals surface area contributed by atoms with Gasteiger partial charge in [0.1, 0.15) is 0 Å². The molecule has 0 saturated carbocycles. The van der Waals surface area contributed by atoms with Gasteiger partial charge in [0, 0.05) is 25.6 Å². The molecule has 20 heavy (non-hydrogen) atoms. The average Bonchev–Trinajstić information content (AvgIpc) is 2.84. The van der Waals surface area contributed by atoms with E-state index in [-0.39, 0.29) is 5.91 Å². The normalized spacial score (nSPS) is 21.6. The van der Waals surface area contributed by atoms with E-state index in [9.17, 15) is 4.79 Å². The van der Waals surface area contributed by atoms with Gasteiger partial charge in [0.2, 0.25) is 5.91 Å². The molecule has 0 radical (unpaired) electrons. The van der Waals surface area contributed by atoms with Crippen LogP contribution in [0.1, 0.15) is 47.0 Å². The predicted molar refractivity (Wildman–Crippen MR) is 84.4 cm³/mol. The topological polar surface area (TPSA) is 58.4 Å². The Kier molecular flexibility index (Phi) is 7.52. The number of rotatable bonds is 8. The molecule has 1 fully saturated rings. The van der Waals surface area contributed by atoms with Gasteiger partial charge < -0.3 is 16.0 Å². The minimum atomic E-state index is 0.170. The fraction of sp³-hybridized carbons (Fsp3) is 0.938. The molecule has 1 saturated heterocycles. The van der Waals surface area contributed by atoms with Crippen LogP contribution in [0.15, 0.2) is 0 Å². The summed E-state index contributed by atoms with van der Waals surface area (Å²) in [5, 5.41) is 3.10. The van der Waals surface area contributed by atoms with Gasteiger partial charge in [0.15, 0.2) is 0 Å². The third kappa shape index (κ3) is 6.23. The van der Waals surface area contributed by atoms with E-state index in [0.717, 1.165) is 26.1 Å². The molecule has 0 aromatic carbocycles. The Hall–Kier alpha value is -0.610. The minimum absolute atomic E-state index is 0.170. The van der Waals surface area contributed by atoms with E-state index in [2.05, 4.69) is 37.9 Å². The Morgan fingerprint density at radius 2 is 2.05 bits per heavy atom. The summed E-state index contributed by atoms with van der Waals surface area (Å²) in [7, 11) is 0. The van der Waals surface area contributed by atoms with E-state index in [4.69, 9.17) is 5.73 Å². The summed E-state index contributed by atoms with van der Waals surface area (Å²) in [6.45, 7) is 12.5. The highest BCUT2D eigenvalue weighted by atomic mass is 16.1. The zero-order valence-corrected chi connectivity index (χ0v) is 13.7. The highest BCUT2D eigenvalue weighted by Crippen LogP contribution is 2.18. The van der Waals surface area contributed by atoms with Gasteiger partial charge in [0.25, 0.3) is 0 Å². The lowest BCUT2D eigenvalue weighted by Gasteiger charge is -2.20. The van der Waals surface area contributed by atoms with E-state index in [1.807, 2.05) is 0 Å². The first-order valence-electron chi connectivity index (χ1n) is 8.13. The molecule has 118 valence electrons. The van der Waals surface area contributed by atoms with Crippen molar-refractivity contribution in [3.05, 3.63) is 0 Å². The van der Waals surface area contributed by atoms with E-state index in [1.165, 1.54) is 6.42 Å². The van der Waals surface area contributed by atoms with Gasteiger partial charge in [0.05, 0.1) is 0 Å². The Morgan fingerprint density at radius 3 is 2.55 bits per heavy atom. The number of carbonyl (C=O) groups is 1. The standard InChI is InChI=1S/C16H33N3O/c1-12(2)7-15(9-17)8-16(20)18-10-14-5-6-19(11-14)13(3)4/h12-15H,5-11,17H2,1-4H3,(H,18,20). The summed E-state index contributed by atoms with van der Waals surface area (Å²) < 4.78 is 0. The second kappa shape index (κ2) is 8.63. The molecule has 2 unspecified atom stereocenters. The molecule has 0 spiro atoms. The molecule has 1 rings (SSSR count). The molecule has 0 aromatic rings. The van der Waals surface area contributed by atoms with Gasteiger partial charge in [-0.3, -0.25) is 4.79 Å². The third-order valence-corrected chi connectivity index (χ3v) is 4.25. The third-order valence-electron chi connectivity index (χ3n) is 4.25. The maximum absolute atomic E-state index is 12.0. The molecule has 1 aliphatic rings. The molecule has 4 heteroatoms. The highest BCUT2D eigenvalue weighted by molar-refractivity contribution is 5.76. The molecule has 2 atom stereocenters. The minimum Gasteiger partial charge on any atom is -0.356 e. The second-order valence-electron chi connectivity index (χ2n) is 6.98. The van der Waals surface area contributed by atoms with Crippen LogP contribution in [-0.2, 0) is 4.79 Å². The van der Waals surface area contributed by atoms with Crippen LogP contribution in [0.5, 0.6) is 0 Å². The molecule has 0 bridgehead atoms. The van der Waals surface area contributed by atoms with Gasteiger partial charge >= 0.3 is 0 Å². The van der Waals surface area contributed by atoms with E-state index in [1.54, 1.807) is 0 Å². The molecule has 1 aliphatic heterocycles. The Morgan fingerprint density at radius 1 is 1.35 bits per heavy atom. The molecular weight excluding hydrogens is 250 g/mol. The lowest BCUT2D eigenvalue weighted by Crippen LogP contribution is -2.34. The quantitative estimate of drug-likeness (QED) is 0.714. The second-order valence-corrected chi connectivity index (χ2v) is 6.98. The van der Waals surface area contributed by atoms with Gasteiger partial charge in [-0.25, -0.2) is 0 Å². The van der Waals surface area contributed by atoms with Crippen molar-refractivity contribution < 1.29 is 4.79 Å². The molecule has 0 aliphatic carbocycles. The van der Waals surface area contributed by atoms with Crippen LogP contribution in [0.25, 0.3) is 0 Å². The van der Waals surface area contributed by atoms with Gasteiger partial charge in [-0.05, 0) is 57.5 Å². The summed E-state index contributed by atoms with van der Waals surface area (Å²) in [5.41, 5.74) is 5.75. The van der Waals surface area contributed by atoms with Crippen LogP contribution in [0.2, 0.25) is 0 Å². The monoisotopic (exact) mass is 283 g/mol. The molecule has 4 nitrogen and oxygen atoms in total. The van der Waals surface area contributed by atoms with Crippen molar-refractivity contribution in [3.8, 4) is 0 Å². The van der Waals surface area contributed by atoms with Crippen LogP contribution in [0.3, 0.4) is 0 Å². The largest absolute Gasteiger partial charge is 0.356 e. The first kappa shape index (κ1) is 17.4. The Balaban J connectivity index is 2.23. The lowest BCUT2D eigenvalue weighted by molar-refractivity contribution is -0.122. The van der Waals surface area contributed by atoms with Crippen molar-refractivity contribution in [2.75, 3.05) is 26.2 Å². The summed E-state index contributed by atoms with van der Waals surface area (Å²) in [4.78, 5) is 14.5. The number of amides is 1. The maximum Gasteiger partial charge on any atom is 0.220 e. The Labute approximate surface area is 124 Å². The van der Waals surface area contributed by atoms with Crippen molar-refractivity contribution in [2.45, 2.75) is 53.0 Å². The first-order valence-corrected chi connectivity index (χ1v) is 8.13. The van der Waals surface area contributed by atoms with Crippen LogP contribution in [0.4, 0.5) is 0 Å². The zero-order valence-electron chi connectivity index (χ0n) is 13.7. The fourth-order valence-electron chi connectivity index (χ4n) is 3.02. The van der Waals surface area contributed by atoms with Gasteiger partial charge in [-0.2, -0.15) is 0 Å². The predicted octanol–water partition coefficient (Wildman–Crippen LogP) is 1.84. The van der Waals surface area contributed by atoms with Crippen molar-refractivity contribution in [2.24, 2.45) is 23.5 Å². The van der Waals surface area contributed by atoms with E-state index in [0.29, 0.717) is 36.8 Å². The number of nitrogens with zero attached hydrogens (tertiary/aromatic N) is 1. The summed E-state index contributed by atoms with van der Waals surface area (Å²) >= 11 is 0.